The minimum atomic E-state index is -0.196. The monoisotopic (exact) mass is 273 g/mol. The molecule has 20 heavy (non-hydrogen) atoms. The second-order valence-corrected chi connectivity index (χ2v) is 5.44. The molecule has 2 aliphatic rings. The number of hydrogen-bond acceptors (Lipinski definition) is 5. The number of nitrogens with one attached hydrogen (secondary N) is 1. The van der Waals surface area contributed by atoms with Crippen molar-refractivity contribution in [2.75, 3.05) is 6.61 Å². The van der Waals surface area contributed by atoms with Crippen LogP contribution in [0, 0.1) is 12.8 Å². The van der Waals surface area contributed by atoms with Crippen LogP contribution in [0.1, 0.15) is 29.2 Å². The van der Waals surface area contributed by atoms with E-state index in [1.807, 2.05) is 13.0 Å². The minimum Gasteiger partial charge on any atom is -0.378 e. The molecule has 0 spiro atoms. The zero-order chi connectivity index (χ0) is 13.7. The topological polar surface area (TPSA) is 81.4 Å². The average molecular weight is 273 g/mol. The van der Waals surface area contributed by atoms with Gasteiger partial charge in [-0.05, 0) is 25.8 Å². The fourth-order valence-corrected chi connectivity index (χ4v) is 3.03. The van der Waals surface area contributed by atoms with Crippen LogP contribution in [0.25, 0.3) is 5.78 Å². The molecule has 2 aromatic rings. The Bertz CT molecular complexity index is 682. The van der Waals surface area contributed by atoms with Crippen LogP contribution in [0.4, 0.5) is 0 Å². The summed E-state index contributed by atoms with van der Waals surface area (Å²) >= 11 is 0. The van der Waals surface area contributed by atoms with Gasteiger partial charge >= 0.3 is 0 Å². The van der Waals surface area contributed by atoms with Crippen LogP contribution in [-0.4, -0.2) is 44.2 Å². The van der Waals surface area contributed by atoms with E-state index < -0.39 is 0 Å². The molecule has 104 valence electrons. The summed E-state index contributed by atoms with van der Waals surface area (Å²) in [5.74, 6) is 0.998. The van der Waals surface area contributed by atoms with Gasteiger partial charge in [0, 0.05) is 30.5 Å². The summed E-state index contributed by atoms with van der Waals surface area (Å²) in [4.78, 5) is 16.5. The SMILES string of the molecule is Cc1ccn2c(C(=O)NC3CC4OCCC34)nnc2n1. The molecular formula is C13H15N5O2. The highest BCUT2D eigenvalue weighted by atomic mass is 16.5. The predicted octanol–water partition coefficient (Wildman–Crippen LogP) is 0.340. The van der Waals surface area contributed by atoms with Crippen LogP contribution >= 0.6 is 0 Å². The minimum absolute atomic E-state index is 0.195. The molecule has 1 saturated carbocycles. The fourth-order valence-electron chi connectivity index (χ4n) is 3.03. The normalized spacial score (nSPS) is 28.1. The molecule has 1 saturated heterocycles. The van der Waals surface area contributed by atoms with Crippen molar-refractivity contribution < 1.29 is 9.53 Å². The van der Waals surface area contributed by atoms with Crippen molar-refractivity contribution >= 4 is 11.7 Å². The van der Waals surface area contributed by atoms with Gasteiger partial charge in [-0.15, -0.1) is 10.2 Å². The Kier molecular flexibility index (Phi) is 2.50. The molecule has 1 aliphatic heterocycles. The molecule has 4 rings (SSSR count). The zero-order valence-electron chi connectivity index (χ0n) is 11.1. The Morgan fingerprint density at radius 3 is 3.25 bits per heavy atom. The highest BCUT2D eigenvalue weighted by Gasteiger charge is 2.46. The summed E-state index contributed by atoms with van der Waals surface area (Å²) in [5.41, 5.74) is 0.849. The van der Waals surface area contributed by atoms with Crippen LogP contribution in [0.15, 0.2) is 12.3 Å². The van der Waals surface area contributed by atoms with Crippen LogP contribution in [0.3, 0.4) is 0 Å². The Hall–Kier alpha value is -2.02. The standard InChI is InChI=1S/C13H15N5O2/c1-7-2-4-18-11(16-17-13(18)14-7)12(19)15-9-6-10-8(9)3-5-20-10/h2,4,8-10H,3,5-6H2,1H3,(H,15,19). The highest BCUT2D eigenvalue weighted by Crippen LogP contribution is 2.38. The lowest BCUT2D eigenvalue weighted by atomic mass is 9.76. The quantitative estimate of drug-likeness (QED) is 0.853. The largest absolute Gasteiger partial charge is 0.378 e. The van der Waals surface area contributed by atoms with E-state index in [0.717, 1.165) is 25.1 Å². The third-order valence-electron chi connectivity index (χ3n) is 4.20. The maximum Gasteiger partial charge on any atom is 0.289 e. The number of aryl methyl sites for hydroxylation is 1. The molecule has 7 heteroatoms. The van der Waals surface area contributed by atoms with Crippen molar-refractivity contribution in [3.05, 3.63) is 23.8 Å². The van der Waals surface area contributed by atoms with Crippen LogP contribution in [0.2, 0.25) is 0 Å². The molecule has 3 heterocycles. The predicted molar refractivity (Wildman–Crippen MR) is 69.2 cm³/mol. The van der Waals surface area contributed by atoms with E-state index in [0.29, 0.717) is 17.8 Å². The Morgan fingerprint density at radius 1 is 1.50 bits per heavy atom. The van der Waals surface area contributed by atoms with Gasteiger partial charge < -0.3 is 10.1 Å². The first-order valence-corrected chi connectivity index (χ1v) is 6.83. The molecule has 0 bridgehead atoms. The molecule has 1 N–H and O–H groups in total. The number of nitrogens with zero attached hydrogens (tertiary/aromatic N) is 4. The summed E-state index contributed by atoms with van der Waals surface area (Å²) in [6.45, 7) is 2.68. The molecule has 2 aromatic heterocycles. The number of ether oxygens (including phenoxy) is 1. The second-order valence-electron chi connectivity index (χ2n) is 5.44. The number of fused-ring (bicyclic) bond motifs is 2. The van der Waals surface area contributed by atoms with Gasteiger partial charge in [-0.2, -0.15) is 0 Å². The number of amides is 1. The van der Waals surface area contributed by atoms with Gasteiger partial charge in [0.15, 0.2) is 0 Å². The van der Waals surface area contributed by atoms with Crippen molar-refractivity contribution in [1.82, 2.24) is 24.9 Å². The molecule has 0 aromatic carbocycles. The van der Waals surface area contributed by atoms with Crippen LogP contribution in [-0.2, 0) is 4.74 Å². The van der Waals surface area contributed by atoms with Gasteiger partial charge in [0.25, 0.3) is 11.7 Å². The summed E-state index contributed by atoms with van der Waals surface area (Å²) in [6.07, 6.45) is 4.02. The summed E-state index contributed by atoms with van der Waals surface area (Å²) in [6, 6.07) is 2.03. The molecule has 2 fully saturated rings. The van der Waals surface area contributed by atoms with E-state index >= 15 is 0 Å². The van der Waals surface area contributed by atoms with E-state index in [4.69, 9.17) is 4.74 Å². The molecule has 7 nitrogen and oxygen atoms in total. The lowest BCUT2D eigenvalue weighted by Crippen LogP contribution is -2.53. The first kappa shape index (κ1) is 11.8. The number of carbonyl (C=O) groups is 1. The Labute approximate surface area is 115 Å². The molecule has 3 atom stereocenters. The van der Waals surface area contributed by atoms with E-state index in [-0.39, 0.29) is 17.8 Å². The van der Waals surface area contributed by atoms with Crippen molar-refractivity contribution in [2.24, 2.45) is 5.92 Å². The third-order valence-corrected chi connectivity index (χ3v) is 4.20. The summed E-state index contributed by atoms with van der Waals surface area (Å²) < 4.78 is 7.16. The smallest absolute Gasteiger partial charge is 0.289 e. The van der Waals surface area contributed by atoms with Gasteiger partial charge in [0.1, 0.15) is 0 Å². The van der Waals surface area contributed by atoms with E-state index in [1.54, 1.807) is 10.6 Å². The number of hydrogen-bond donors (Lipinski definition) is 1. The van der Waals surface area contributed by atoms with E-state index in [2.05, 4.69) is 20.5 Å². The molecule has 1 aliphatic carbocycles. The van der Waals surface area contributed by atoms with Crippen molar-refractivity contribution in [3.63, 3.8) is 0 Å². The van der Waals surface area contributed by atoms with Crippen LogP contribution in [0.5, 0.6) is 0 Å². The maximum atomic E-state index is 12.3. The summed E-state index contributed by atoms with van der Waals surface area (Å²) in [7, 11) is 0. The molecular weight excluding hydrogens is 258 g/mol. The third kappa shape index (κ3) is 1.70. The van der Waals surface area contributed by atoms with E-state index in [1.165, 1.54) is 0 Å². The van der Waals surface area contributed by atoms with Gasteiger partial charge in [-0.25, -0.2) is 4.98 Å². The highest BCUT2D eigenvalue weighted by molar-refractivity contribution is 5.91. The van der Waals surface area contributed by atoms with Crippen molar-refractivity contribution in [1.29, 1.82) is 0 Å². The number of rotatable bonds is 2. The molecule has 0 radical (unpaired) electrons. The molecule has 3 unspecified atom stereocenters. The average Bonchev–Trinajstić information content (AvgIpc) is 2.99. The lowest BCUT2D eigenvalue weighted by Gasteiger charge is -2.39. The molecule has 1 amide bonds. The number of aromatic nitrogens is 4. The van der Waals surface area contributed by atoms with Crippen molar-refractivity contribution in [2.45, 2.75) is 31.9 Å². The maximum absolute atomic E-state index is 12.3. The second kappa shape index (κ2) is 4.24. The van der Waals surface area contributed by atoms with Crippen molar-refractivity contribution in [3.8, 4) is 0 Å². The van der Waals surface area contributed by atoms with Gasteiger partial charge in [0.05, 0.1) is 6.10 Å². The fraction of sp³-hybridized carbons (Fsp3) is 0.538. The summed E-state index contributed by atoms with van der Waals surface area (Å²) in [5, 5.41) is 10.9. The number of carbonyl (C=O) groups excluding carboxylic acids is 1. The van der Waals surface area contributed by atoms with Gasteiger partial charge in [-0.3, -0.25) is 9.20 Å². The van der Waals surface area contributed by atoms with E-state index in [9.17, 15) is 4.79 Å². The lowest BCUT2D eigenvalue weighted by molar-refractivity contribution is 0.00793. The Morgan fingerprint density at radius 2 is 2.40 bits per heavy atom. The Balaban J connectivity index is 1.55. The van der Waals surface area contributed by atoms with Gasteiger partial charge in [-0.1, -0.05) is 0 Å². The first-order chi connectivity index (χ1) is 9.72. The zero-order valence-corrected chi connectivity index (χ0v) is 11.1. The first-order valence-electron chi connectivity index (χ1n) is 6.83. The van der Waals surface area contributed by atoms with Crippen LogP contribution < -0.4 is 5.32 Å². The van der Waals surface area contributed by atoms with Gasteiger partial charge in [0.2, 0.25) is 5.82 Å².